The molecular weight excluding hydrogens is 354 g/mol. The first kappa shape index (κ1) is 19.1. The third-order valence-corrected chi connectivity index (χ3v) is 5.45. The van der Waals surface area contributed by atoms with E-state index in [1.807, 2.05) is 32.0 Å². The summed E-state index contributed by atoms with van der Waals surface area (Å²) in [7, 11) is 0. The molecule has 0 radical (unpaired) electrons. The van der Waals surface area contributed by atoms with Gasteiger partial charge in [0.2, 0.25) is 5.91 Å². The lowest BCUT2D eigenvalue weighted by Crippen LogP contribution is -2.10. The van der Waals surface area contributed by atoms with Gasteiger partial charge in [-0.3, -0.25) is 4.79 Å². The van der Waals surface area contributed by atoms with Gasteiger partial charge in [-0.1, -0.05) is 36.4 Å². The zero-order valence-corrected chi connectivity index (χ0v) is 17.2. The number of aryl methyl sites for hydroxylation is 2. The number of thiazole rings is 1. The number of hydrogen-bond acceptors (Lipinski definition) is 4. The summed E-state index contributed by atoms with van der Waals surface area (Å²) >= 11 is 1.60. The van der Waals surface area contributed by atoms with E-state index in [4.69, 9.17) is 4.98 Å². The number of nitrogens with one attached hydrogen (secondary N) is 2. The molecule has 0 spiro atoms. The van der Waals surface area contributed by atoms with Crippen LogP contribution in [-0.4, -0.2) is 10.9 Å². The zero-order chi connectivity index (χ0) is 19.6. The first-order valence-electron chi connectivity index (χ1n) is 9.02. The second-order valence-electron chi connectivity index (χ2n) is 6.88. The molecule has 1 atom stereocenters. The van der Waals surface area contributed by atoms with Crippen molar-refractivity contribution in [2.45, 2.75) is 40.7 Å². The Hall–Kier alpha value is -2.66. The van der Waals surface area contributed by atoms with Crippen LogP contribution < -0.4 is 10.6 Å². The van der Waals surface area contributed by atoms with Crippen molar-refractivity contribution in [3.05, 3.63) is 64.0 Å². The Morgan fingerprint density at radius 3 is 2.48 bits per heavy atom. The van der Waals surface area contributed by atoms with Gasteiger partial charge in [0.25, 0.3) is 0 Å². The first-order valence-corrected chi connectivity index (χ1v) is 9.90. The van der Waals surface area contributed by atoms with Crippen LogP contribution in [-0.2, 0) is 4.79 Å². The maximum Gasteiger partial charge on any atom is 0.221 e. The first-order chi connectivity index (χ1) is 12.9. The summed E-state index contributed by atoms with van der Waals surface area (Å²) in [6, 6.07) is 12.6. The third-order valence-electron chi connectivity index (χ3n) is 4.67. The van der Waals surface area contributed by atoms with Crippen LogP contribution in [0.2, 0.25) is 0 Å². The van der Waals surface area contributed by atoms with Gasteiger partial charge in [0.05, 0.1) is 11.7 Å². The van der Waals surface area contributed by atoms with Gasteiger partial charge in [-0.05, 0) is 49.9 Å². The highest BCUT2D eigenvalue weighted by atomic mass is 32.1. The number of benzene rings is 2. The van der Waals surface area contributed by atoms with Crippen LogP contribution in [0.15, 0.2) is 41.8 Å². The van der Waals surface area contributed by atoms with Crippen LogP contribution in [0, 0.1) is 20.8 Å². The normalized spacial score (nSPS) is 11.9. The van der Waals surface area contributed by atoms with Crippen LogP contribution in [0.1, 0.15) is 42.1 Å². The van der Waals surface area contributed by atoms with Gasteiger partial charge in [0, 0.05) is 23.6 Å². The minimum atomic E-state index is -0.0617. The molecule has 0 aliphatic rings. The van der Waals surface area contributed by atoms with Crippen LogP contribution in [0.25, 0.3) is 11.3 Å². The summed E-state index contributed by atoms with van der Waals surface area (Å²) in [5, 5.41) is 9.41. The number of amides is 1. The highest BCUT2D eigenvalue weighted by molar-refractivity contribution is 7.14. The lowest BCUT2D eigenvalue weighted by atomic mass is 9.95. The molecule has 5 heteroatoms. The molecule has 0 aliphatic heterocycles. The number of carbonyl (C=O) groups excluding carboxylic acids is 1. The number of aromatic nitrogens is 1. The third kappa shape index (κ3) is 4.19. The van der Waals surface area contributed by atoms with E-state index in [2.05, 4.69) is 48.1 Å². The zero-order valence-electron chi connectivity index (χ0n) is 16.4. The maximum atomic E-state index is 11.6. The summed E-state index contributed by atoms with van der Waals surface area (Å²) < 4.78 is 0. The molecule has 3 rings (SSSR count). The van der Waals surface area contributed by atoms with E-state index in [-0.39, 0.29) is 11.9 Å². The topological polar surface area (TPSA) is 54.0 Å². The standard InChI is InChI=1S/C22H25N3OS/c1-13-11-14(2)21(24-17(5)26)15(3)20(13)19-12-27-22(25-19)23-16(4)18-9-7-6-8-10-18/h6-12,16H,1-5H3,(H,23,25)(H,24,26). The Balaban J connectivity index is 1.91. The van der Waals surface area contributed by atoms with E-state index in [0.29, 0.717) is 0 Å². The summed E-state index contributed by atoms with van der Waals surface area (Å²) in [4.78, 5) is 16.4. The Kier molecular flexibility index (Phi) is 5.61. The van der Waals surface area contributed by atoms with Gasteiger partial charge < -0.3 is 10.6 Å². The summed E-state index contributed by atoms with van der Waals surface area (Å²) in [5.74, 6) is -0.0617. The fourth-order valence-electron chi connectivity index (χ4n) is 3.41. The lowest BCUT2D eigenvalue weighted by molar-refractivity contribution is -0.114. The molecule has 2 aromatic carbocycles. The summed E-state index contributed by atoms with van der Waals surface area (Å²) in [5.41, 5.74) is 7.40. The molecule has 140 valence electrons. The predicted octanol–water partition coefficient (Wildman–Crippen LogP) is 5.87. The van der Waals surface area contributed by atoms with Gasteiger partial charge in [-0.2, -0.15) is 0 Å². The van der Waals surface area contributed by atoms with Crippen molar-refractivity contribution in [3.8, 4) is 11.3 Å². The number of hydrogen-bond donors (Lipinski definition) is 2. The molecule has 4 nitrogen and oxygen atoms in total. The maximum absolute atomic E-state index is 11.6. The van der Waals surface area contributed by atoms with E-state index >= 15 is 0 Å². The molecule has 1 unspecified atom stereocenters. The SMILES string of the molecule is CC(=O)Nc1c(C)cc(C)c(-c2csc(NC(C)c3ccccc3)n2)c1C. The van der Waals surface area contributed by atoms with Crippen molar-refractivity contribution in [3.63, 3.8) is 0 Å². The lowest BCUT2D eigenvalue weighted by Gasteiger charge is -2.16. The largest absolute Gasteiger partial charge is 0.355 e. The van der Waals surface area contributed by atoms with E-state index in [1.54, 1.807) is 11.3 Å². The van der Waals surface area contributed by atoms with Crippen molar-refractivity contribution < 1.29 is 4.79 Å². The van der Waals surface area contributed by atoms with Gasteiger partial charge in [-0.15, -0.1) is 11.3 Å². The molecule has 0 aliphatic carbocycles. The Labute approximate surface area is 164 Å². The van der Waals surface area contributed by atoms with Crippen LogP contribution in [0.3, 0.4) is 0 Å². The Bertz CT molecular complexity index is 963. The van der Waals surface area contributed by atoms with E-state index in [0.717, 1.165) is 38.8 Å². The molecule has 0 saturated heterocycles. The van der Waals surface area contributed by atoms with Crippen molar-refractivity contribution in [2.75, 3.05) is 10.6 Å². The highest BCUT2D eigenvalue weighted by Gasteiger charge is 2.16. The minimum absolute atomic E-state index is 0.0617. The molecule has 1 amide bonds. The number of anilines is 2. The van der Waals surface area contributed by atoms with Gasteiger partial charge in [-0.25, -0.2) is 4.98 Å². The molecule has 0 saturated carbocycles. The van der Waals surface area contributed by atoms with Crippen molar-refractivity contribution >= 4 is 28.1 Å². The molecule has 27 heavy (non-hydrogen) atoms. The number of rotatable bonds is 5. The monoisotopic (exact) mass is 379 g/mol. The quantitative estimate of drug-likeness (QED) is 0.583. The average molecular weight is 380 g/mol. The van der Waals surface area contributed by atoms with E-state index in [1.165, 1.54) is 12.5 Å². The predicted molar refractivity (Wildman–Crippen MR) is 115 cm³/mol. The van der Waals surface area contributed by atoms with Gasteiger partial charge >= 0.3 is 0 Å². The van der Waals surface area contributed by atoms with Crippen molar-refractivity contribution in [1.82, 2.24) is 4.98 Å². The summed E-state index contributed by atoms with van der Waals surface area (Å²) in [6.45, 7) is 9.82. The fourth-order valence-corrected chi connectivity index (χ4v) is 4.20. The second kappa shape index (κ2) is 7.92. The Morgan fingerprint density at radius 2 is 1.81 bits per heavy atom. The number of carbonyl (C=O) groups is 1. The molecule has 1 aromatic heterocycles. The van der Waals surface area contributed by atoms with Crippen molar-refractivity contribution in [2.24, 2.45) is 0 Å². The van der Waals surface area contributed by atoms with Crippen LogP contribution in [0.5, 0.6) is 0 Å². The average Bonchev–Trinajstić information content (AvgIpc) is 3.07. The molecule has 0 bridgehead atoms. The van der Waals surface area contributed by atoms with Crippen LogP contribution in [0.4, 0.5) is 10.8 Å². The summed E-state index contributed by atoms with van der Waals surface area (Å²) in [6.07, 6.45) is 0. The van der Waals surface area contributed by atoms with E-state index in [9.17, 15) is 4.79 Å². The van der Waals surface area contributed by atoms with Crippen LogP contribution >= 0.6 is 11.3 Å². The molecule has 1 heterocycles. The number of nitrogens with zero attached hydrogens (tertiary/aromatic N) is 1. The van der Waals surface area contributed by atoms with Crippen molar-refractivity contribution in [1.29, 1.82) is 0 Å². The minimum Gasteiger partial charge on any atom is -0.355 e. The smallest absolute Gasteiger partial charge is 0.221 e. The second-order valence-corrected chi connectivity index (χ2v) is 7.74. The Morgan fingerprint density at radius 1 is 1.11 bits per heavy atom. The highest BCUT2D eigenvalue weighted by Crippen LogP contribution is 2.36. The molecule has 2 N–H and O–H groups in total. The van der Waals surface area contributed by atoms with Gasteiger partial charge in [0.1, 0.15) is 0 Å². The van der Waals surface area contributed by atoms with E-state index < -0.39 is 0 Å². The van der Waals surface area contributed by atoms with Gasteiger partial charge in [0.15, 0.2) is 5.13 Å². The fraction of sp³-hybridized carbons (Fsp3) is 0.273. The molecular formula is C22H25N3OS. The molecule has 3 aromatic rings. The molecule has 0 fully saturated rings.